The Morgan fingerprint density at radius 2 is 1.97 bits per heavy atom. The topological polar surface area (TPSA) is 58.1 Å². The van der Waals surface area contributed by atoms with Gasteiger partial charge in [0.1, 0.15) is 5.82 Å². The molecule has 2 aliphatic rings. The molecule has 1 amide bonds. The zero-order chi connectivity index (χ0) is 22.0. The van der Waals surface area contributed by atoms with Crippen LogP contribution in [0, 0.1) is 5.92 Å². The number of carbonyl (C=O) groups is 1. The van der Waals surface area contributed by atoms with Gasteiger partial charge in [0.2, 0.25) is 5.91 Å². The van der Waals surface area contributed by atoms with Gasteiger partial charge in [0.15, 0.2) is 5.16 Å². The number of carbonyl (C=O) groups excluding carboxylic acids is 1. The number of hydrogen-bond acceptors (Lipinski definition) is 5. The van der Waals surface area contributed by atoms with Crippen molar-refractivity contribution in [3.05, 3.63) is 59.8 Å². The van der Waals surface area contributed by atoms with Gasteiger partial charge in [-0.3, -0.25) is 4.79 Å². The Kier molecular flexibility index (Phi) is 8.60. The summed E-state index contributed by atoms with van der Waals surface area (Å²) in [5, 5.41) is 3.72. The minimum atomic E-state index is 0.0575. The highest BCUT2D eigenvalue weighted by atomic mass is 32.2. The average molecular weight is 451 g/mol. The molecule has 1 aromatic carbocycles. The van der Waals surface area contributed by atoms with Crippen molar-refractivity contribution in [1.82, 2.24) is 15.3 Å². The van der Waals surface area contributed by atoms with E-state index in [1.165, 1.54) is 61.4 Å². The van der Waals surface area contributed by atoms with E-state index in [-0.39, 0.29) is 5.91 Å². The third kappa shape index (κ3) is 7.09. The first-order chi connectivity index (χ1) is 15.8. The Hall–Kier alpha value is -2.34. The van der Waals surface area contributed by atoms with Gasteiger partial charge in [0, 0.05) is 25.8 Å². The Morgan fingerprint density at radius 3 is 2.75 bits per heavy atom. The lowest BCUT2D eigenvalue weighted by atomic mass is 9.90. The molecule has 0 unspecified atom stereocenters. The summed E-state index contributed by atoms with van der Waals surface area (Å²) >= 11 is 1.42. The second-order valence-corrected chi connectivity index (χ2v) is 9.76. The van der Waals surface area contributed by atoms with Crippen molar-refractivity contribution in [2.24, 2.45) is 5.92 Å². The third-order valence-corrected chi connectivity index (χ3v) is 7.27. The number of allylic oxidation sites excluding steroid dienone is 1. The summed E-state index contributed by atoms with van der Waals surface area (Å²) in [6, 6.07) is 12.8. The summed E-state index contributed by atoms with van der Waals surface area (Å²) in [7, 11) is 0. The fraction of sp³-hybridized carbons (Fsp3) is 0.500. The molecule has 1 saturated heterocycles. The lowest BCUT2D eigenvalue weighted by Gasteiger charge is -2.33. The van der Waals surface area contributed by atoms with Gasteiger partial charge in [-0.05, 0) is 68.9 Å². The van der Waals surface area contributed by atoms with Crippen molar-refractivity contribution in [1.29, 1.82) is 0 Å². The predicted octanol–water partition coefficient (Wildman–Crippen LogP) is 5.03. The molecule has 5 nitrogen and oxygen atoms in total. The number of benzene rings is 1. The fourth-order valence-corrected chi connectivity index (χ4v) is 5.22. The van der Waals surface area contributed by atoms with E-state index in [0.29, 0.717) is 10.9 Å². The van der Waals surface area contributed by atoms with E-state index in [2.05, 4.69) is 51.6 Å². The number of hydrogen-bond donors (Lipinski definition) is 1. The van der Waals surface area contributed by atoms with E-state index in [4.69, 9.17) is 4.98 Å². The molecule has 0 atom stereocenters. The zero-order valence-corrected chi connectivity index (χ0v) is 19.7. The number of amides is 1. The second kappa shape index (κ2) is 12.0. The number of aromatic nitrogens is 2. The molecule has 4 rings (SSSR count). The molecule has 0 bridgehead atoms. The normalized spacial score (nSPS) is 17.1. The number of nitrogens with zero attached hydrogens (tertiary/aromatic N) is 3. The SMILES string of the molecule is O=C(CSc1nccc(N2CCC(Cc3ccccc3)CC2)n1)NCCC1=CCCCC1. The van der Waals surface area contributed by atoms with Crippen LogP contribution in [0.1, 0.15) is 50.5 Å². The van der Waals surface area contributed by atoms with Crippen LogP contribution in [0.5, 0.6) is 0 Å². The van der Waals surface area contributed by atoms with Gasteiger partial charge in [-0.2, -0.15) is 0 Å². The van der Waals surface area contributed by atoms with Gasteiger partial charge in [-0.1, -0.05) is 53.7 Å². The molecule has 2 heterocycles. The van der Waals surface area contributed by atoms with Crippen LogP contribution in [-0.2, 0) is 11.2 Å². The molecule has 0 radical (unpaired) electrons. The molecular formula is C26H34N4OS. The molecule has 6 heteroatoms. The molecule has 1 aliphatic heterocycles. The number of piperidine rings is 1. The molecule has 32 heavy (non-hydrogen) atoms. The van der Waals surface area contributed by atoms with Crippen molar-refractivity contribution >= 4 is 23.5 Å². The number of nitrogens with one attached hydrogen (secondary N) is 1. The highest BCUT2D eigenvalue weighted by Crippen LogP contribution is 2.26. The summed E-state index contributed by atoms with van der Waals surface area (Å²) in [6.45, 7) is 2.77. The van der Waals surface area contributed by atoms with Crippen LogP contribution in [0.25, 0.3) is 0 Å². The molecule has 2 aromatic rings. The minimum absolute atomic E-state index is 0.0575. The maximum atomic E-state index is 12.2. The number of rotatable bonds is 9. The number of anilines is 1. The molecule has 1 fully saturated rings. The highest BCUT2D eigenvalue weighted by Gasteiger charge is 2.21. The van der Waals surface area contributed by atoms with Crippen molar-refractivity contribution in [2.75, 3.05) is 30.3 Å². The van der Waals surface area contributed by atoms with Gasteiger partial charge < -0.3 is 10.2 Å². The standard InChI is InChI=1S/C26H34N4OS/c31-25(27-15-11-21-7-3-1-4-8-21)20-32-26-28-16-12-24(29-26)30-17-13-23(14-18-30)19-22-9-5-2-6-10-22/h2,5-7,9-10,12,16,23H,1,3-4,8,11,13-15,17-20H2,(H,27,31). The van der Waals surface area contributed by atoms with Crippen molar-refractivity contribution < 1.29 is 4.79 Å². The summed E-state index contributed by atoms with van der Waals surface area (Å²) < 4.78 is 0. The smallest absolute Gasteiger partial charge is 0.230 e. The van der Waals surface area contributed by atoms with Crippen LogP contribution in [-0.4, -0.2) is 41.3 Å². The van der Waals surface area contributed by atoms with E-state index in [1.807, 2.05) is 12.3 Å². The van der Waals surface area contributed by atoms with E-state index < -0.39 is 0 Å². The fourth-order valence-electron chi connectivity index (χ4n) is 4.57. The first-order valence-electron chi connectivity index (χ1n) is 12.0. The quantitative estimate of drug-likeness (QED) is 0.330. The Balaban J connectivity index is 1.19. The summed E-state index contributed by atoms with van der Waals surface area (Å²) in [6.07, 6.45) is 13.6. The van der Waals surface area contributed by atoms with E-state index in [9.17, 15) is 4.79 Å². The lowest BCUT2D eigenvalue weighted by Crippen LogP contribution is -2.35. The monoisotopic (exact) mass is 450 g/mol. The van der Waals surface area contributed by atoms with Crippen molar-refractivity contribution in [3.63, 3.8) is 0 Å². The van der Waals surface area contributed by atoms with Crippen LogP contribution in [0.3, 0.4) is 0 Å². The summed E-state index contributed by atoms with van der Waals surface area (Å²) in [5.74, 6) is 2.13. The van der Waals surface area contributed by atoms with E-state index >= 15 is 0 Å². The Labute approximate surface area is 196 Å². The van der Waals surface area contributed by atoms with Crippen LogP contribution in [0.2, 0.25) is 0 Å². The predicted molar refractivity (Wildman–Crippen MR) is 132 cm³/mol. The van der Waals surface area contributed by atoms with Gasteiger partial charge >= 0.3 is 0 Å². The number of thioether (sulfide) groups is 1. The first kappa shape index (κ1) is 22.8. The lowest BCUT2D eigenvalue weighted by molar-refractivity contribution is -0.118. The van der Waals surface area contributed by atoms with Crippen LogP contribution in [0.4, 0.5) is 5.82 Å². The van der Waals surface area contributed by atoms with Crippen LogP contribution < -0.4 is 10.2 Å². The molecule has 1 aromatic heterocycles. The Morgan fingerprint density at radius 1 is 1.12 bits per heavy atom. The largest absolute Gasteiger partial charge is 0.356 e. The maximum absolute atomic E-state index is 12.2. The van der Waals surface area contributed by atoms with Gasteiger partial charge in [0.05, 0.1) is 5.75 Å². The maximum Gasteiger partial charge on any atom is 0.230 e. The van der Waals surface area contributed by atoms with E-state index in [0.717, 1.165) is 44.2 Å². The zero-order valence-electron chi connectivity index (χ0n) is 18.8. The minimum Gasteiger partial charge on any atom is -0.356 e. The van der Waals surface area contributed by atoms with Gasteiger partial charge in [-0.25, -0.2) is 9.97 Å². The second-order valence-electron chi connectivity index (χ2n) is 8.81. The highest BCUT2D eigenvalue weighted by molar-refractivity contribution is 7.99. The molecule has 1 N–H and O–H groups in total. The van der Waals surface area contributed by atoms with Gasteiger partial charge in [0.25, 0.3) is 0 Å². The average Bonchev–Trinajstić information content (AvgIpc) is 2.85. The van der Waals surface area contributed by atoms with E-state index in [1.54, 1.807) is 0 Å². The van der Waals surface area contributed by atoms with Gasteiger partial charge in [-0.15, -0.1) is 0 Å². The van der Waals surface area contributed by atoms with Crippen LogP contribution in [0.15, 0.2) is 59.4 Å². The molecule has 0 spiro atoms. The Bertz CT molecular complexity index is 894. The molecular weight excluding hydrogens is 416 g/mol. The van der Waals surface area contributed by atoms with Crippen LogP contribution >= 0.6 is 11.8 Å². The van der Waals surface area contributed by atoms with Crippen molar-refractivity contribution in [3.8, 4) is 0 Å². The summed E-state index contributed by atoms with van der Waals surface area (Å²) in [4.78, 5) is 23.7. The first-order valence-corrected chi connectivity index (χ1v) is 12.9. The van der Waals surface area contributed by atoms with Crippen molar-refractivity contribution in [2.45, 2.75) is 56.5 Å². The third-order valence-electron chi connectivity index (χ3n) is 6.41. The molecule has 0 saturated carbocycles. The molecule has 170 valence electrons. The molecule has 1 aliphatic carbocycles. The summed E-state index contributed by atoms with van der Waals surface area (Å²) in [5.41, 5.74) is 2.92.